The number of carbonyl (C=O) groups is 2. The number of hydrogen-bond donors (Lipinski definition) is 2. The van der Waals surface area contributed by atoms with Gasteiger partial charge in [0.25, 0.3) is 0 Å². The summed E-state index contributed by atoms with van der Waals surface area (Å²) in [5, 5.41) is 11.8. The van der Waals surface area contributed by atoms with Crippen LogP contribution in [0.2, 0.25) is 0 Å². The lowest BCUT2D eigenvalue weighted by molar-refractivity contribution is -0.147. The number of rotatable bonds is 4. The molecule has 0 radical (unpaired) electrons. The summed E-state index contributed by atoms with van der Waals surface area (Å²) >= 11 is 0. The minimum Gasteiger partial charge on any atom is -0.480 e. The summed E-state index contributed by atoms with van der Waals surface area (Å²) < 4.78 is 0. The average molecular weight is 225 g/mol. The Kier molecular flexibility index (Phi) is 2.68. The first kappa shape index (κ1) is 11.4. The molecule has 0 aliphatic heterocycles. The molecule has 16 heavy (non-hydrogen) atoms. The van der Waals surface area contributed by atoms with Crippen LogP contribution in [0.15, 0.2) is 0 Å². The van der Waals surface area contributed by atoms with E-state index in [1.165, 1.54) is 6.42 Å². The number of fused-ring (bicyclic) bond motifs is 1. The lowest BCUT2D eigenvalue weighted by Gasteiger charge is -2.26. The molecule has 0 spiro atoms. The maximum Gasteiger partial charge on any atom is 0.329 e. The van der Waals surface area contributed by atoms with Crippen LogP contribution in [0, 0.1) is 17.8 Å². The van der Waals surface area contributed by atoms with E-state index < -0.39 is 11.5 Å². The molecule has 0 aromatic heterocycles. The molecule has 2 rings (SSSR count). The largest absolute Gasteiger partial charge is 0.480 e. The molecular weight excluding hydrogens is 206 g/mol. The van der Waals surface area contributed by atoms with Gasteiger partial charge < -0.3 is 10.4 Å². The second-order valence-electron chi connectivity index (χ2n) is 5.40. The van der Waals surface area contributed by atoms with E-state index in [2.05, 4.69) is 5.32 Å². The summed E-state index contributed by atoms with van der Waals surface area (Å²) in [4.78, 5) is 23.0. The van der Waals surface area contributed by atoms with Crippen LogP contribution in [-0.4, -0.2) is 22.5 Å². The lowest BCUT2D eigenvalue weighted by atomic mass is 9.96. The summed E-state index contributed by atoms with van der Waals surface area (Å²) in [6.45, 7) is 3.35. The van der Waals surface area contributed by atoms with Crippen LogP contribution in [-0.2, 0) is 9.59 Å². The Bertz CT molecular complexity index is 318. The quantitative estimate of drug-likeness (QED) is 0.760. The number of nitrogens with one attached hydrogen (secondary N) is 1. The summed E-state index contributed by atoms with van der Waals surface area (Å²) in [6, 6.07) is 0. The molecule has 0 aromatic rings. The summed E-state index contributed by atoms with van der Waals surface area (Å²) in [5.74, 6) is 0.515. The van der Waals surface area contributed by atoms with Gasteiger partial charge in [0, 0.05) is 5.92 Å². The molecule has 2 aliphatic rings. The van der Waals surface area contributed by atoms with Crippen molar-refractivity contribution in [2.24, 2.45) is 17.8 Å². The Hall–Kier alpha value is -1.06. The fourth-order valence-corrected chi connectivity index (χ4v) is 2.60. The zero-order chi connectivity index (χ0) is 11.9. The Morgan fingerprint density at radius 3 is 2.31 bits per heavy atom. The predicted octanol–water partition coefficient (Wildman–Crippen LogP) is 1.40. The van der Waals surface area contributed by atoms with Crippen molar-refractivity contribution in [2.45, 2.75) is 45.1 Å². The van der Waals surface area contributed by atoms with E-state index in [1.54, 1.807) is 13.8 Å². The number of carbonyl (C=O) groups excluding carboxylic acids is 1. The van der Waals surface area contributed by atoms with E-state index in [-0.39, 0.29) is 11.8 Å². The van der Waals surface area contributed by atoms with E-state index in [0.29, 0.717) is 6.42 Å². The molecule has 3 atom stereocenters. The molecule has 2 aliphatic carbocycles. The third-order valence-corrected chi connectivity index (χ3v) is 4.19. The van der Waals surface area contributed by atoms with Gasteiger partial charge in [-0.2, -0.15) is 0 Å². The molecule has 2 N–H and O–H groups in total. The second-order valence-corrected chi connectivity index (χ2v) is 5.40. The molecule has 0 aromatic carbocycles. The fourth-order valence-electron chi connectivity index (χ4n) is 2.60. The van der Waals surface area contributed by atoms with Gasteiger partial charge in [-0.25, -0.2) is 4.79 Å². The molecule has 0 heterocycles. The highest BCUT2D eigenvalue weighted by Gasteiger charge is 2.49. The second kappa shape index (κ2) is 3.75. The van der Waals surface area contributed by atoms with Crippen LogP contribution in [0.4, 0.5) is 0 Å². The molecule has 2 fully saturated rings. The smallest absolute Gasteiger partial charge is 0.329 e. The van der Waals surface area contributed by atoms with Crippen molar-refractivity contribution in [1.29, 1.82) is 0 Å². The van der Waals surface area contributed by atoms with Crippen LogP contribution in [0.3, 0.4) is 0 Å². The first-order valence-electron chi connectivity index (χ1n) is 6.01. The molecule has 1 amide bonds. The monoisotopic (exact) mass is 225 g/mol. The minimum absolute atomic E-state index is 0.0500. The van der Waals surface area contributed by atoms with Crippen molar-refractivity contribution in [3.05, 3.63) is 0 Å². The molecule has 0 bridgehead atoms. The van der Waals surface area contributed by atoms with Gasteiger partial charge in [-0.05, 0) is 44.4 Å². The highest BCUT2D eigenvalue weighted by Crippen LogP contribution is 2.54. The van der Waals surface area contributed by atoms with Crippen molar-refractivity contribution in [2.75, 3.05) is 0 Å². The van der Waals surface area contributed by atoms with Crippen molar-refractivity contribution in [1.82, 2.24) is 5.32 Å². The van der Waals surface area contributed by atoms with Crippen LogP contribution >= 0.6 is 0 Å². The van der Waals surface area contributed by atoms with Crippen LogP contribution in [0.1, 0.15) is 39.5 Å². The van der Waals surface area contributed by atoms with Gasteiger partial charge >= 0.3 is 5.97 Å². The van der Waals surface area contributed by atoms with Crippen molar-refractivity contribution >= 4 is 11.9 Å². The van der Waals surface area contributed by atoms with Gasteiger partial charge in [-0.15, -0.1) is 0 Å². The SMILES string of the molecule is CCC(C)(NC(=O)C1CC2CC2C1)C(=O)O. The van der Waals surface area contributed by atoms with E-state index in [0.717, 1.165) is 24.7 Å². The third kappa shape index (κ3) is 1.93. The first-order valence-corrected chi connectivity index (χ1v) is 6.01. The Morgan fingerprint density at radius 2 is 1.88 bits per heavy atom. The molecule has 4 heteroatoms. The summed E-state index contributed by atoms with van der Waals surface area (Å²) in [7, 11) is 0. The third-order valence-electron chi connectivity index (χ3n) is 4.19. The standard InChI is InChI=1S/C12H19NO3/c1-3-12(2,11(15)16)13-10(14)9-5-7-4-8(7)6-9/h7-9H,3-6H2,1-2H3,(H,13,14)(H,15,16). The minimum atomic E-state index is -1.11. The van der Waals surface area contributed by atoms with E-state index >= 15 is 0 Å². The Balaban J connectivity index is 1.93. The van der Waals surface area contributed by atoms with Crippen molar-refractivity contribution in [3.8, 4) is 0 Å². The topological polar surface area (TPSA) is 66.4 Å². The highest BCUT2D eigenvalue weighted by molar-refractivity contribution is 5.87. The molecule has 2 saturated carbocycles. The first-order chi connectivity index (χ1) is 7.46. The molecular formula is C12H19NO3. The number of hydrogen-bond acceptors (Lipinski definition) is 2. The number of carboxylic acid groups (broad SMARTS) is 1. The molecule has 90 valence electrons. The Labute approximate surface area is 95.4 Å². The van der Waals surface area contributed by atoms with Crippen LogP contribution in [0.25, 0.3) is 0 Å². The van der Waals surface area contributed by atoms with Crippen LogP contribution in [0.5, 0.6) is 0 Å². The molecule has 0 saturated heterocycles. The van der Waals surface area contributed by atoms with E-state index in [1.807, 2.05) is 0 Å². The van der Waals surface area contributed by atoms with E-state index in [4.69, 9.17) is 5.11 Å². The lowest BCUT2D eigenvalue weighted by Crippen LogP contribution is -2.53. The maximum absolute atomic E-state index is 11.9. The van der Waals surface area contributed by atoms with E-state index in [9.17, 15) is 9.59 Å². The zero-order valence-corrected chi connectivity index (χ0v) is 9.82. The molecule has 3 unspecified atom stereocenters. The van der Waals surface area contributed by atoms with Gasteiger partial charge in [0.05, 0.1) is 0 Å². The van der Waals surface area contributed by atoms with Gasteiger partial charge in [-0.3, -0.25) is 4.79 Å². The normalized spacial score (nSPS) is 35.0. The predicted molar refractivity (Wildman–Crippen MR) is 58.8 cm³/mol. The van der Waals surface area contributed by atoms with Gasteiger partial charge in [0.2, 0.25) is 5.91 Å². The molecule has 4 nitrogen and oxygen atoms in total. The summed E-state index contributed by atoms with van der Waals surface area (Å²) in [6.07, 6.45) is 3.59. The zero-order valence-electron chi connectivity index (χ0n) is 9.82. The maximum atomic E-state index is 11.9. The van der Waals surface area contributed by atoms with Gasteiger partial charge in [-0.1, -0.05) is 6.92 Å². The fraction of sp³-hybridized carbons (Fsp3) is 0.833. The average Bonchev–Trinajstić information content (AvgIpc) is 2.85. The number of aliphatic carboxylic acids is 1. The van der Waals surface area contributed by atoms with Gasteiger partial charge in [0.15, 0.2) is 0 Å². The van der Waals surface area contributed by atoms with Gasteiger partial charge in [0.1, 0.15) is 5.54 Å². The highest BCUT2D eigenvalue weighted by atomic mass is 16.4. The van der Waals surface area contributed by atoms with Crippen molar-refractivity contribution in [3.63, 3.8) is 0 Å². The number of amides is 1. The number of carboxylic acids is 1. The Morgan fingerprint density at radius 1 is 1.31 bits per heavy atom. The van der Waals surface area contributed by atoms with Crippen LogP contribution < -0.4 is 5.32 Å². The van der Waals surface area contributed by atoms with Crippen molar-refractivity contribution < 1.29 is 14.7 Å². The summed E-state index contributed by atoms with van der Waals surface area (Å²) in [5.41, 5.74) is -1.11.